The topological polar surface area (TPSA) is 29.1 Å². The van der Waals surface area contributed by atoms with Gasteiger partial charge < -0.3 is 5.32 Å². The predicted octanol–water partition coefficient (Wildman–Crippen LogP) is 2.78. The maximum absolute atomic E-state index is 11.4. The monoisotopic (exact) mass is 217 g/mol. The van der Waals surface area contributed by atoms with Crippen molar-refractivity contribution in [3.63, 3.8) is 0 Å². The molecule has 1 rings (SSSR count). The third-order valence-corrected chi connectivity index (χ3v) is 2.15. The van der Waals surface area contributed by atoms with Crippen molar-refractivity contribution < 1.29 is 4.79 Å². The van der Waals surface area contributed by atoms with E-state index in [1.807, 2.05) is 37.3 Å². The molecule has 0 spiro atoms. The lowest BCUT2D eigenvalue weighted by Gasteiger charge is -2.04. The van der Waals surface area contributed by atoms with E-state index in [0.717, 1.165) is 12.1 Å². The molecule has 0 heterocycles. The van der Waals surface area contributed by atoms with E-state index in [1.165, 1.54) is 5.56 Å². The van der Waals surface area contributed by atoms with Gasteiger partial charge in [-0.05, 0) is 24.5 Å². The fraction of sp³-hybridized carbons (Fsp3) is 0.357. The van der Waals surface area contributed by atoms with Crippen LogP contribution in [0.15, 0.2) is 30.3 Å². The van der Waals surface area contributed by atoms with Gasteiger partial charge in [0, 0.05) is 12.6 Å². The molecule has 1 aromatic carbocycles. The molecule has 2 heteroatoms. The normalized spacial score (nSPS) is 11.0. The van der Waals surface area contributed by atoms with Crippen molar-refractivity contribution >= 4 is 12.0 Å². The van der Waals surface area contributed by atoms with Crippen molar-refractivity contribution in [2.24, 2.45) is 5.92 Å². The number of nitrogens with one attached hydrogen (secondary N) is 1. The minimum absolute atomic E-state index is 0.0322. The van der Waals surface area contributed by atoms with E-state index >= 15 is 0 Å². The molecule has 0 radical (unpaired) electrons. The Bertz CT molecular complexity index is 380. The maximum Gasteiger partial charge on any atom is 0.244 e. The molecule has 0 atom stereocenters. The summed E-state index contributed by atoms with van der Waals surface area (Å²) in [6.45, 7) is 6.91. The van der Waals surface area contributed by atoms with E-state index in [2.05, 4.69) is 19.2 Å². The Labute approximate surface area is 97.4 Å². The molecule has 16 heavy (non-hydrogen) atoms. The Kier molecular flexibility index (Phi) is 4.77. The minimum atomic E-state index is -0.0322. The predicted molar refractivity (Wildman–Crippen MR) is 68.1 cm³/mol. The number of amides is 1. The Balaban J connectivity index is 2.50. The van der Waals surface area contributed by atoms with Gasteiger partial charge in [-0.15, -0.1) is 0 Å². The Morgan fingerprint density at radius 1 is 1.44 bits per heavy atom. The van der Waals surface area contributed by atoms with E-state index in [4.69, 9.17) is 0 Å². The van der Waals surface area contributed by atoms with Crippen molar-refractivity contribution in [1.82, 2.24) is 5.32 Å². The van der Waals surface area contributed by atoms with E-state index in [9.17, 15) is 4.79 Å². The average molecular weight is 217 g/mol. The smallest absolute Gasteiger partial charge is 0.244 e. The molecule has 0 bridgehead atoms. The maximum atomic E-state index is 11.4. The standard InChI is InChI=1S/C14H19NO/c1-11(2)10-15-14(16)8-7-13-6-4-5-12(3)9-13/h4-9,11H,10H2,1-3H3,(H,15,16). The van der Waals surface area contributed by atoms with Crippen molar-refractivity contribution in [2.45, 2.75) is 20.8 Å². The summed E-state index contributed by atoms with van der Waals surface area (Å²) in [5, 5.41) is 2.84. The highest BCUT2D eigenvalue weighted by atomic mass is 16.1. The largest absolute Gasteiger partial charge is 0.352 e. The zero-order valence-electron chi connectivity index (χ0n) is 10.2. The number of carbonyl (C=O) groups excluding carboxylic acids is 1. The number of benzene rings is 1. The second kappa shape index (κ2) is 6.11. The third-order valence-electron chi connectivity index (χ3n) is 2.15. The van der Waals surface area contributed by atoms with E-state index in [0.29, 0.717) is 5.92 Å². The van der Waals surface area contributed by atoms with Crippen LogP contribution in [0, 0.1) is 12.8 Å². The van der Waals surface area contributed by atoms with Gasteiger partial charge >= 0.3 is 0 Å². The van der Waals surface area contributed by atoms with Crippen molar-refractivity contribution in [3.8, 4) is 0 Å². The van der Waals surface area contributed by atoms with Gasteiger partial charge in [-0.25, -0.2) is 0 Å². The fourth-order valence-corrected chi connectivity index (χ4v) is 1.31. The van der Waals surface area contributed by atoms with Gasteiger partial charge in [-0.2, -0.15) is 0 Å². The molecule has 0 unspecified atom stereocenters. The van der Waals surface area contributed by atoms with Crippen LogP contribution in [0.3, 0.4) is 0 Å². The number of carbonyl (C=O) groups is 1. The second-order valence-corrected chi connectivity index (χ2v) is 4.39. The van der Waals surface area contributed by atoms with Crippen molar-refractivity contribution in [2.75, 3.05) is 6.54 Å². The van der Waals surface area contributed by atoms with Crippen LogP contribution >= 0.6 is 0 Å². The minimum Gasteiger partial charge on any atom is -0.352 e. The number of aryl methyl sites for hydroxylation is 1. The summed E-state index contributed by atoms with van der Waals surface area (Å²) in [7, 11) is 0. The molecule has 2 nitrogen and oxygen atoms in total. The van der Waals surface area contributed by atoms with Crippen LogP contribution in [0.5, 0.6) is 0 Å². The van der Waals surface area contributed by atoms with Crippen LogP contribution in [0.4, 0.5) is 0 Å². The first-order valence-corrected chi connectivity index (χ1v) is 5.60. The number of hydrogen-bond donors (Lipinski definition) is 1. The Morgan fingerprint density at radius 2 is 2.19 bits per heavy atom. The highest BCUT2D eigenvalue weighted by Gasteiger charge is 1.97. The van der Waals surface area contributed by atoms with Crippen molar-refractivity contribution in [3.05, 3.63) is 41.5 Å². The first-order valence-electron chi connectivity index (χ1n) is 5.60. The SMILES string of the molecule is Cc1cccc(C=CC(=O)NCC(C)C)c1. The average Bonchev–Trinajstić information content (AvgIpc) is 2.23. The molecular formula is C14H19NO. The van der Waals surface area contributed by atoms with Gasteiger partial charge in [0.1, 0.15) is 0 Å². The molecule has 0 fully saturated rings. The van der Waals surface area contributed by atoms with Crippen LogP contribution in [0.25, 0.3) is 6.08 Å². The van der Waals surface area contributed by atoms with Crippen LogP contribution in [-0.4, -0.2) is 12.5 Å². The third kappa shape index (κ3) is 4.78. The van der Waals surface area contributed by atoms with Crippen LogP contribution in [0.1, 0.15) is 25.0 Å². The molecule has 1 N–H and O–H groups in total. The summed E-state index contributed by atoms with van der Waals surface area (Å²) < 4.78 is 0. The molecule has 0 aliphatic heterocycles. The summed E-state index contributed by atoms with van der Waals surface area (Å²) in [6.07, 6.45) is 3.42. The lowest BCUT2D eigenvalue weighted by Crippen LogP contribution is -2.25. The zero-order valence-corrected chi connectivity index (χ0v) is 10.2. The van der Waals surface area contributed by atoms with Gasteiger partial charge in [0.15, 0.2) is 0 Å². The molecular weight excluding hydrogens is 198 g/mol. The summed E-state index contributed by atoms with van der Waals surface area (Å²) in [4.78, 5) is 11.4. The van der Waals surface area contributed by atoms with Crippen molar-refractivity contribution in [1.29, 1.82) is 0 Å². The first-order chi connectivity index (χ1) is 7.58. The molecule has 0 aromatic heterocycles. The second-order valence-electron chi connectivity index (χ2n) is 4.39. The van der Waals surface area contributed by atoms with Gasteiger partial charge in [0.2, 0.25) is 5.91 Å². The van der Waals surface area contributed by atoms with Crippen LogP contribution in [-0.2, 0) is 4.79 Å². The number of hydrogen-bond acceptors (Lipinski definition) is 1. The van der Waals surface area contributed by atoms with Gasteiger partial charge in [0.25, 0.3) is 0 Å². The lowest BCUT2D eigenvalue weighted by molar-refractivity contribution is -0.116. The summed E-state index contributed by atoms with van der Waals surface area (Å²) in [6, 6.07) is 8.06. The number of rotatable bonds is 4. The molecule has 0 saturated heterocycles. The van der Waals surface area contributed by atoms with Crippen LogP contribution < -0.4 is 5.32 Å². The molecule has 0 aliphatic carbocycles. The molecule has 1 amide bonds. The molecule has 0 saturated carbocycles. The zero-order chi connectivity index (χ0) is 12.0. The summed E-state index contributed by atoms with van der Waals surface area (Å²) >= 11 is 0. The fourth-order valence-electron chi connectivity index (χ4n) is 1.31. The summed E-state index contributed by atoms with van der Waals surface area (Å²) in [5.74, 6) is 0.450. The lowest BCUT2D eigenvalue weighted by atomic mass is 10.1. The first kappa shape index (κ1) is 12.5. The Hall–Kier alpha value is -1.57. The van der Waals surface area contributed by atoms with Crippen LogP contribution in [0.2, 0.25) is 0 Å². The molecule has 1 aromatic rings. The molecule has 86 valence electrons. The highest BCUT2D eigenvalue weighted by Crippen LogP contribution is 2.05. The van der Waals surface area contributed by atoms with E-state index in [1.54, 1.807) is 6.08 Å². The summed E-state index contributed by atoms with van der Waals surface area (Å²) in [5.41, 5.74) is 2.25. The van der Waals surface area contributed by atoms with Gasteiger partial charge in [0.05, 0.1) is 0 Å². The highest BCUT2D eigenvalue weighted by molar-refractivity contribution is 5.91. The Morgan fingerprint density at radius 3 is 2.81 bits per heavy atom. The van der Waals surface area contributed by atoms with Gasteiger partial charge in [-0.1, -0.05) is 43.7 Å². The van der Waals surface area contributed by atoms with E-state index < -0.39 is 0 Å². The molecule has 0 aliphatic rings. The van der Waals surface area contributed by atoms with E-state index in [-0.39, 0.29) is 5.91 Å². The quantitative estimate of drug-likeness (QED) is 0.772. The van der Waals surface area contributed by atoms with Gasteiger partial charge in [-0.3, -0.25) is 4.79 Å².